The number of aromatic amines is 1. The third kappa shape index (κ3) is 2.36. The first-order chi connectivity index (χ1) is 9.65. The van der Waals surface area contributed by atoms with Crippen LogP contribution in [0.25, 0.3) is 10.9 Å². The molecule has 1 amide bonds. The molecule has 0 saturated carbocycles. The van der Waals surface area contributed by atoms with Gasteiger partial charge < -0.3 is 20.4 Å². The lowest BCUT2D eigenvalue weighted by atomic mass is 10.1. The molecular weight excluding hydrogens is 254 g/mol. The summed E-state index contributed by atoms with van der Waals surface area (Å²) in [7, 11) is 0. The first-order valence-corrected chi connectivity index (χ1v) is 6.92. The van der Waals surface area contributed by atoms with Crippen molar-refractivity contribution in [3.8, 4) is 0 Å². The van der Waals surface area contributed by atoms with Gasteiger partial charge in [0.2, 0.25) is 0 Å². The summed E-state index contributed by atoms with van der Waals surface area (Å²) in [6, 6.07) is 5.57. The summed E-state index contributed by atoms with van der Waals surface area (Å²) < 4.78 is 5.59. The lowest BCUT2D eigenvalue weighted by Gasteiger charge is -2.21. The Kier molecular flexibility index (Phi) is 3.36. The molecule has 5 heteroatoms. The third-order valence-corrected chi connectivity index (χ3v) is 3.68. The van der Waals surface area contributed by atoms with Crippen molar-refractivity contribution in [2.75, 3.05) is 25.4 Å². The maximum absolute atomic E-state index is 12.7. The van der Waals surface area contributed by atoms with Gasteiger partial charge in [-0.15, -0.1) is 0 Å². The highest BCUT2D eigenvalue weighted by Gasteiger charge is 2.23. The standard InChI is InChI=1S/C15H19N3O2/c1-10-9-18(5-2-6-20-10)15(19)13-8-17-14-4-3-11(16)7-12(13)14/h3-4,7-8,10,17H,2,5-6,9,16H2,1H3. The topological polar surface area (TPSA) is 71.4 Å². The Bertz CT molecular complexity index is 635. The number of benzene rings is 1. The van der Waals surface area contributed by atoms with Crippen molar-refractivity contribution in [1.82, 2.24) is 9.88 Å². The van der Waals surface area contributed by atoms with Crippen molar-refractivity contribution >= 4 is 22.5 Å². The highest BCUT2D eigenvalue weighted by atomic mass is 16.5. The van der Waals surface area contributed by atoms with E-state index in [2.05, 4.69) is 4.98 Å². The second-order valence-corrected chi connectivity index (χ2v) is 5.29. The second kappa shape index (κ2) is 5.17. The summed E-state index contributed by atoms with van der Waals surface area (Å²) in [4.78, 5) is 17.7. The number of nitrogens with zero attached hydrogens (tertiary/aromatic N) is 1. The van der Waals surface area contributed by atoms with E-state index in [1.807, 2.05) is 30.0 Å². The van der Waals surface area contributed by atoms with E-state index in [-0.39, 0.29) is 12.0 Å². The van der Waals surface area contributed by atoms with Gasteiger partial charge >= 0.3 is 0 Å². The predicted octanol–water partition coefficient (Wildman–Crippen LogP) is 2.00. The van der Waals surface area contributed by atoms with Crippen molar-refractivity contribution in [3.63, 3.8) is 0 Å². The summed E-state index contributed by atoms with van der Waals surface area (Å²) in [6.07, 6.45) is 2.72. The second-order valence-electron chi connectivity index (χ2n) is 5.29. The Morgan fingerprint density at radius 1 is 1.50 bits per heavy atom. The number of amides is 1. The molecule has 1 aromatic carbocycles. The zero-order valence-corrected chi connectivity index (χ0v) is 11.6. The Morgan fingerprint density at radius 2 is 2.35 bits per heavy atom. The van der Waals surface area contributed by atoms with Crippen LogP contribution in [0.15, 0.2) is 24.4 Å². The van der Waals surface area contributed by atoms with Gasteiger partial charge in [0.15, 0.2) is 0 Å². The van der Waals surface area contributed by atoms with E-state index in [1.165, 1.54) is 0 Å². The lowest BCUT2D eigenvalue weighted by molar-refractivity contribution is 0.0564. The number of H-pyrrole nitrogens is 1. The number of aromatic nitrogens is 1. The van der Waals surface area contributed by atoms with E-state index in [0.29, 0.717) is 24.4 Å². The molecule has 1 saturated heterocycles. The van der Waals surface area contributed by atoms with Crippen LogP contribution in [-0.2, 0) is 4.74 Å². The number of carbonyl (C=O) groups excluding carboxylic acids is 1. The Morgan fingerprint density at radius 3 is 3.20 bits per heavy atom. The molecular formula is C15H19N3O2. The monoisotopic (exact) mass is 273 g/mol. The maximum atomic E-state index is 12.7. The Labute approximate surface area is 117 Å². The molecule has 0 aliphatic carbocycles. The number of nitrogens with one attached hydrogen (secondary N) is 1. The van der Waals surface area contributed by atoms with E-state index in [4.69, 9.17) is 10.5 Å². The molecule has 20 heavy (non-hydrogen) atoms. The summed E-state index contributed by atoms with van der Waals surface area (Å²) in [5.74, 6) is 0.0409. The van der Waals surface area contributed by atoms with Gasteiger partial charge in [-0.25, -0.2) is 0 Å². The molecule has 3 N–H and O–H groups in total. The normalized spacial score (nSPS) is 20.1. The van der Waals surface area contributed by atoms with Crippen LogP contribution in [0.1, 0.15) is 23.7 Å². The van der Waals surface area contributed by atoms with Crippen LogP contribution in [0.5, 0.6) is 0 Å². The van der Waals surface area contributed by atoms with Gasteiger partial charge in [-0.2, -0.15) is 0 Å². The van der Waals surface area contributed by atoms with Gasteiger partial charge in [0.05, 0.1) is 11.7 Å². The van der Waals surface area contributed by atoms with E-state index >= 15 is 0 Å². The van der Waals surface area contributed by atoms with Gasteiger partial charge in [-0.3, -0.25) is 4.79 Å². The van der Waals surface area contributed by atoms with Gasteiger partial charge in [0, 0.05) is 42.5 Å². The highest BCUT2D eigenvalue weighted by Crippen LogP contribution is 2.23. The van der Waals surface area contributed by atoms with E-state index in [0.717, 1.165) is 23.9 Å². The number of fused-ring (bicyclic) bond motifs is 1. The van der Waals surface area contributed by atoms with E-state index in [1.54, 1.807) is 6.20 Å². The van der Waals surface area contributed by atoms with Crippen LogP contribution in [0.3, 0.4) is 0 Å². The minimum Gasteiger partial charge on any atom is -0.399 e. The minimum atomic E-state index is 0.0409. The molecule has 2 aromatic rings. The molecule has 5 nitrogen and oxygen atoms in total. The van der Waals surface area contributed by atoms with Crippen molar-refractivity contribution in [2.45, 2.75) is 19.4 Å². The Balaban J connectivity index is 1.93. The predicted molar refractivity (Wildman–Crippen MR) is 78.6 cm³/mol. The van der Waals surface area contributed by atoms with Crippen molar-refractivity contribution in [2.24, 2.45) is 0 Å². The first-order valence-electron chi connectivity index (χ1n) is 6.92. The van der Waals surface area contributed by atoms with Crippen molar-refractivity contribution in [3.05, 3.63) is 30.0 Å². The number of rotatable bonds is 1. The van der Waals surface area contributed by atoms with Crippen LogP contribution in [0.2, 0.25) is 0 Å². The summed E-state index contributed by atoms with van der Waals surface area (Å²) in [5, 5.41) is 0.882. The third-order valence-electron chi connectivity index (χ3n) is 3.68. The van der Waals surface area contributed by atoms with Crippen LogP contribution < -0.4 is 5.73 Å². The van der Waals surface area contributed by atoms with Gasteiger partial charge in [-0.1, -0.05) is 0 Å². The highest BCUT2D eigenvalue weighted by molar-refractivity contribution is 6.07. The first kappa shape index (κ1) is 13.0. The zero-order chi connectivity index (χ0) is 14.1. The summed E-state index contributed by atoms with van der Waals surface area (Å²) in [6.45, 7) is 4.08. The molecule has 2 heterocycles. The molecule has 1 unspecified atom stereocenters. The van der Waals surface area contributed by atoms with Crippen molar-refractivity contribution < 1.29 is 9.53 Å². The zero-order valence-electron chi connectivity index (χ0n) is 11.6. The molecule has 0 bridgehead atoms. The van der Waals surface area contributed by atoms with Crippen molar-refractivity contribution in [1.29, 1.82) is 0 Å². The molecule has 1 aromatic heterocycles. The molecule has 3 rings (SSSR count). The van der Waals surface area contributed by atoms with E-state index in [9.17, 15) is 4.79 Å². The van der Waals surface area contributed by atoms with Crippen LogP contribution in [-0.4, -0.2) is 41.6 Å². The summed E-state index contributed by atoms with van der Waals surface area (Å²) in [5.41, 5.74) is 8.10. The van der Waals surface area contributed by atoms with Crippen LogP contribution in [0.4, 0.5) is 5.69 Å². The number of anilines is 1. The average Bonchev–Trinajstić information content (AvgIpc) is 2.71. The molecule has 1 aliphatic rings. The fourth-order valence-corrected chi connectivity index (χ4v) is 2.66. The molecule has 106 valence electrons. The molecule has 1 fully saturated rings. The fraction of sp³-hybridized carbons (Fsp3) is 0.400. The smallest absolute Gasteiger partial charge is 0.256 e. The fourth-order valence-electron chi connectivity index (χ4n) is 2.66. The molecule has 0 spiro atoms. The van der Waals surface area contributed by atoms with E-state index < -0.39 is 0 Å². The quantitative estimate of drug-likeness (QED) is 0.781. The number of carbonyl (C=O) groups is 1. The minimum absolute atomic E-state index is 0.0409. The maximum Gasteiger partial charge on any atom is 0.256 e. The molecule has 1 aliphatic heterocycles. The summed E-state index contributed by atoms with van der Waals surface area (Å²) >= 11 is 0. The molecule has 0 radical (unpaired) electrons. The Hall–Kier alpha value is -2.01. The average molecular weight is 273 g/mol. The van der Waals surface area contributed by atoms with Crippen LogP contribution in [0, 0.1) is 0 Å². The number of nitrogen functional groups attached to an aromatic ring is 1. The van der Waals surface area contributed by atoms with Crippen LogP contribution >= 0.6 is 0 Å². The number of ether oxygens (including phenoxy) is 1. The van der Waals surface area contributed by atoms with Gasteiger partial charge in [-0.05, 0) is 31.5 Å². The number of nitrogens with two attached hydrogens (primary N) is 1. The van der Waals surface area contributed by atoms with Gasteiger partial charge in [0.1, 0.15) is 0 Å². The largest absolute Gasteiger partial charge is 0.399 e. The number of hydrogen-bond donors (Lipinski definition) is 2. The van der Waals surface area contributed by atoms with Gasteiger partial charge in [0.25, 0.3) is 5.91 Å². The SMILES string of the molecule is CC1CN(C(=O)c2c[nH]c3ccc(N)cc23)CCCO1. The lowest BCUT2D eigenvalue weighted by Crippen LogP contribution is -2.35. The number of hydrogen-bond acceptors (Lipinski definition) is 3. The molecule has 1 atom stereocenters.